The van der Waals surface area contributed by atoms with Crippen LogP contribution in [0.5, 0.6) is 0 Å². The van der Waals surface area contributed by atoms with Gasteiger partial charge in [0.05, 0.1) is 5.02 Å². The van der Waals surface area contributed by atoms with Gasteiger partial charge in [0.15, 0.2) is 11.3 Å². The third-order valence-corrected chi connectivity index (χ3v) is 3.33. The second-order valence-electron chi connectivity index (χ2n) is 2.64. The molecule has 0 fully saturated rings. The molecule has 2 aromatic rings. The number of nitrogens with zero attached hydrogens (tertiary/aromatic N) is 2. The Hall–Kier alpha value is -0.820. The van der Waals surface area contributed by atoms with E-state index in [-0.39, 0.29) is 5.69 Å². The maximum Gasteiger partial charge on any atom is 0.356 e. The Balaban J connectivity index is 2.77. The molecule has 2 aromatic heterocycles. The van der Waals surface area contributed by atoms with E-state index in [1.165, 1.54) is 6.20 Å². The van der Waals surface area contributed by atoms with E-state index in [9.17, 15) is 4.79 Å². The highest BCUT2D eigenvalue weighted by Gasteiger charge is 2.11. The number of halogens is 2. The molecule has 0 aliphatic rings. The second-order valence-corrected chi connectivity index (χ2v) is 4.18. The highest BCUT2D eigenvalue weighted by molar-refractivity contribution is 14.1. The predicted molar refractivity (Wildman–Crippen MR) is 59.9 cm³/mol. The Labute approximate surface area is 97.7 Å². The standard InChI is InChI=1S/C8H4ClIN2O2/c9-6-4(10)1-2-12-3-5(8(13)14)11-7(6)12/h1-3H,(H,13,14). The smallest absolute Gasteiger partial charge is 0.356 e. The Morgan fingerprint density at radius 2 is 2.36 bits per heavy atom. The van der Waals surface area contributed by atoms with Gasteiger partial charge >= 0.3 is 5.97 Å². The van der Waals surface area contributed by atoms with Gasteiger partial charge in [0.2, 0.25) is 0 Å². The number of rotatable bonds is 1. The van der Waals surface area contributed by atoms with E-state index in [4.69, 9.17) is 16.7 Å². The van der Waals surface area contributed by atoms with Crippen molar-refractivity contribution >= 4 is 45.8 Å². The molecule has 0 bridgehead atoms. The molecular weight excluding hydrogens is 318 g/mol. The van der Waals surface area contributed by atoms with Gasteiger partial charge in [-0.15, -0.1) is 0 Å². The molecular formula is C8H4ClIN2O2. The number of carbonyl (C=O) groups is 1. The van der Waals surface area contributed by atoms with Gasteiger partial charge in [-0.2, -0.15) is 0 Å². The van der Waals surface area contributed by atoms with Crippen LogP contribution in [-0.2, 0) is 0 Å². The van der Waals surface area contributed by atoms with Gasteiger partial charge in [-0.1, -0.05) is 11.6 Å². The predicted octanol–water partition coefficient (Wildman–Crippen LogP) is 2.29. The Kier molecular flexibility index (Phi) is 2.36. The van der Waals surface area contributed by atoms with Crippen LogP contribution in [0.25, 0.3) is 5.65 Å². The van der Waals surface area contributed by atoms with Crippen LogP contribution in [0, 0.1) is 3.57 Å². The fraction of sp³-hybridized carbons (Fsp3) is 0. The van der Waals surface area contributed by atoms with E-state index in [0.717, 1.165) is 3.57 Å². The zero-order valence-electron chi connectivity index (χ0n) is 6.74. The summed E-state index contributed by atoms with van der Waals surface area (Å²) in [5, 5.41) is 9.20. The number of carboxylic acid groups (broad SMARTS) is 1. The first-order chi connectivity index (χ1) is 6.59. The number of fused-ring (bicyclic) bond motifs is 1. The summed E-state index contributed by atoms with van der Waals surface area (Å²) in [6.07, 6.45) is 3.15. The fourth-order valence-electron chi connectivity index (χ4n) is 1.10. The quantitative estimate of drug-likeness (QED) is 0.820. The van der Waals surface area contributed by atoms with Crippen LogP contribution in [0.2, 0.25) is 5.02 Å². The van der Waals surface area contributed by atoms with Gasteiger partial charge in [0.25, 0.3) is 0 Å². The monoisotopic (exact) mass is 322 g/mol. The van der Waals surface area contributed by atoms with Crippen molar-refractivity contribution in [1.29, 1.82) is 0 Å². The van der Waals surface area contributed by atoms with Crippen molar-refractivity contribution in [2.24, 2.45) is 0 Å². The summed E-state index contributed by atoms with van der Waals surface area (Å²) in [4.78, 5) is 14.5. The normalized spacial score (nSPS) is 10.7. The van der Waals surface area contributed by atoms with Gasteiger partial charge in [-0.25, -0.2) is 9.78 Å². The van der Waals surface area contributed by atoms with Crippen LogP contribution >= 0.6 is 34.2 Å². The second kappa shape index (κ2) is 3.39. The number of carboxylic acids is 1. The molecule has 4 nitrogen and oxygen atoms in total. The molecule has 0 saturated carbocycles. The summed E-state index contributed by atoms with van der Waals surface area (Å²) in [5.74, 6) is -1.06. The molecule has 1 N–H and O–H groups in total. The van der Waals surface area contributed by atoms with Gasteiger partial charge in [-0.05, 0) is 28.7 Å². The van der Waals surface area contributed by atoms with E-state index in [0.29, 0.717) is 10.7 Å². The Bertz CT molecular complexity index is 523. The molecule has 0 unspecified atom stereocenters. The molecule has 6 heteroatoms. The van der Waals surface area contributed by atoms with Crippen molar-refractivity contribution in [3.05, 3.63) is 32.7 Å². The summed E-state index contributed by atoms with van der Waals surface area (Å²) in [5.41, 5.74) is 0.463. The number of pyridine rings is 1. The summed E-state index contributed by atoms with van der Waals surface area (Å²) >= 11 is 8.03. The van der Waals surface area contributed by atoms with Crippen molar-refractivity contribution in [1.82, 2.24) is 9.38 Å². The first kappa shape index (κ1) is 9.72. The van der Waals surface area contributed by atoms with E-state index in [1.807, 2.05) is 0 Å². The van der Waals surface area contributed by atoms with Crippen LogP contribution in [-0.4, -0.2) is 20.5 Å². The third-order valence-electron chi connectivity index (χ3n) is 1.74. The first-order valence-electron chi connectivity index (χ1n) is 3.65. The summed E-state index contributed by atoms with van der Waals surface area (Å²) in [6, 6.07) is 1.79. The van der Waals surface area contributed by atoms with Crippen LogP contribution in [0.15, 0.2) is 18.5 Å². The number of aromatic carboxylic acids is 1. The number of imidazole rings is 1. The van der Waals surface area contributed by atoms with E-state index in [2.05, 4.69) is 27.6 Å². The molecule has 2 heterocycles. The highest BCUT2D eigenvalue weighted by atomic mass is 127. The fourth-order valence-corrected chi connectivity index (χ4v) is 1.70. The van der Waals surface area contributed by atoms with Gasteiger partial charge in [-0.3, -0.25) is 0 Å². The highest BCUT2D eigenvalue weighted by Crippen LogP contribution is 2.23. The molecule has 0 amide bonds. The largest absolute Gasteiger partial charge is 0.476 e. The minimum atomic E-state index is -1.06. The van der Waals surface area contributed by atoms with Crippen molar-refractivity contribution in [3.63, 3.8) is 0 Å². The molecule has 0 aliphatic carbocycles. The minimum Gasteiger partial charge on any atom is -0.476 e. The maximum atomic E-state index is 10.6. The van der Waals surface area contributed by atoms with Gasteiger partial charge in [0.1, 0.15) is 0 Å². The maximum absolute atomic E-state index is 10.6. The molecule has 0 aromatic carbocycles. The molecule has 0 radical (unpaired) electrons. The number of hydrogen-bond donors (Lipinski definition) is 1. The third kappa shape index (κ3) is 1.46. The van der Waals surface area contributed by atoms with Crippen LogP contribution < -0.4 is 0 Å². The van der Waals surface area contributed by atoms with E-state index < -0.39 is 5.97 Å². The lowest BCUT2D eigenvalue weighted by Gasteiger charge is -1.96. The summed E-state index contributed by atoms with van der Waals surface area (Å²) in [6.45, 7) is 0. The van der Waals surface area contributed by atoms with Crippen molar-refractivity contribution in [3.8, 4) is 0 Å². The van der Waals surface area contributed by atoms with Crippen molar-refractivity contribution < 1.29 is 9.90 Å². The SMILES string of the molecule is O=C(O)c1cn2ccc(I)c(Cl)c2n1. The molecule has 2 rings (SSSR count). The average molecular weight is 322 g/mol. The molecule has 0 spiro atoms. The van der Waals surface area contributed by atoms with Crippen LogP contribution in [0.4, 0.5) is 0 Å². The molecule has 0 atom stereocenters. The lowest BCUT2D eigenvalue weighted by atomic mass is 10.5. The Morgan fingerprint density at radius 3 is 3.00 bits per heavy atom. The zero-order valence-corrected chi connectivity index (χ0v) is 9.65. The summed E-state index contributed by atoms with van der Waals surface area (Å²) in [7, 11) is 0. The van der Waals surface area contributed by atoms with Crippen LogP contribution in [0.3, 0.4) is 0 Å². The first-order valence-corrected chi connectivity index (χ1v) is 5.11. The van der Waals surface area contributed by atoms with Crippen molar-refractivity contribution in [2.45, 2.75) is 0 Å². The number of hydrogen-bond acceptors (Lipinski definition) is 2. The van der Waals surface area contributed by atoms with Gasteiger partial charge < -0.3 is 9.51 Å². The lowest BCUT2D eigenvalue weighted by molar-refractivity contribution is 0.0691. The zero-order chi connectivity index (χ0) is 10.3. The van der Waals surface area contributed by atoms with E-state index in [1.54, 1.807) is 16.7 Å². The molecule has 14 heavy (non-hydrogen) atoms. The average Bonchev–Trinajstić information content (AvgIpc) is 2.56. The molecule has 72 valence electrons. The van der Waals surface area contributed by atoms with E-state index >= 15 is 0 Å². The minimum absolute atomic E-state index is 0.00565. The molecule has 0 aliphatic heterocycles. The number of aromatic nitrogens is 2. The lowest BCUT2D eigenvalue weighted by Crippen LogP contribution is -1.94. The summed E-state index contributed by atoms with van der Waals surface area (Å²) < 4.78 is 2.44. The van der Waals surface area contributed by atoms with Crippen LogP contribution in [0.1, 0.15) is 10.5 Å². The van der Waals surface area contributed by atoms with Gasteiger partial charge in [0, 0.05) is 16.0 Å². The molecule has 0 saturated heterocycles. The topological polar surface area (TPSA) is 54.6 Å². The Morgan fingerprint density at radius 1 is 1.64 bits per heavy atom. The van der Waals surface area contributed by atoms with Crippen molar-refractivity contribution in [2.75, 3.05) is 0 Å².